The van der Waals surface area contributed by atoms with Crippen molar-refractivity contribution in [2.45, 2.75) is 51.0 Å². The van der Waals surface area contributed by atoms with E-state index in [1.807, 2.05) is 0 Å². The first-order valence-electron chi connectivity index (χ1n) is 7.14. The van der Waals surface area contributed by atoms with Crippen molar-refractivity contribution in [3.8, 4) is 0 Å². The third-order valence-electron chi connectivity index (χ3n) is 5.15. The van der Waals surface area contributed by atoms with Crippen LogP contribution in [-0.4, -0.2) is 19.3 Å². The van der Waals surface area contributed by atoms with E-state index in [1.165, 1.54) is 44.9 Å². The van der Waals surface area contributed by atoms with Gasteiger partial charge in [-0.15, -0.1) is 0 Å². The van der Waals surface area contributed by atoms with Gasteiger partial charge in [0, 0.05) is 19.3 Å². The van der Waals surface area contributed by atoms with E-state index < -0.39 is 0 Å². The Kier molecular flexibility index (Phi) is 3.21. The molecule has 3 aliphatic rings. The monoisotopic (exact) mass is 223 g/mol. The molecule has 0 aromatic heterocycles. The van der Waals surface area contributed by atoms with E-state index in [0.29, 0.717) is 6.04 Å². The first-order chi connectivity index (χ1) is 7.81. The van der Waals surface area contributed by atoms with Crippen LogP contribution in [0.15, 0.2) is 0 Å². The van der Waals surface area contributed by atoms with Gasteiger partial charge in [0.2, 0.25) is 0 Å². The van der Waals surface area contributed by atoms with Gasteiger partial charge in [-0.3, -0.25) is 0 Å². The molecule has 0 spiro atoms. The zero-order valence-electron chi connectivity index (χ0n) is 10.2. The Morgan fingerprint density at radius 3 is 2.69 bits per heavy atom. The Morgan fingerprint density at radius 2 is 2.06 bits per heavy atom. The molecule has 3 fully saturated rings. The minimum Gasteiger partial charge on any atom is -0.381 e. The van der Waals surface area contributed by atoms with Crippen molar-refractivity contribution in [2.75, 3.05) is 13.2 Å². The van der Waals surface area contributed by atoms with Gasteiger partial charge in [-0.2, -0.15) is 0 Å². The SMILES string of the molecule is NC(CC1CCOC1)CC1CC2CCC1C2. The maximum atomic E-state index is 6.31. The van der Waals surface area contributed by atoms with Crippen molar-refractivity contribution in [1.29, 1.82) is 0 Å². The van der Waals surface area contributed by atoms with Crippen molar-refractivity contribution < 1.29 is 4.74 Å². The molecule has 1 aliphatic heterocycles. The fourth-order valence-corrected chi connectivity index (χ4v) is 4.35. The van der Waals surface area contributed by atoms with Crippen molar-refractivity contribution in [1.82, 2.24) is 0 Å². The molecule has 5 unspecified atom stereocenters. The summed E-state index contributed by atoms with van der Waals surface area (Å²) in [6.07, 6.45) is 9.74. The molecule has 16 heavy (non-hydrogen) atoms. The average Bonchev–Trinajstić information content (AvgIpc) is 2.92. The van der Waals surface area contributed by atoms with Crippen LogP contribution >= 0.6 is 0 Å². The van der Waals surface area contributed by atoms with Crippen LogP contribution in [0.5, 0.6) is 0 Å². The van der Waals surface area contributed by atoms with Gasteiger partial charge in [0.05, 0.1) is 0 Å². The van der Waals surface area contributed by atoms with Gasteiger partial charge in [-0.05, 0) is 62.2 Å². The van der Waals surface area contributed by atoms with E-state index in [4.69, 9.17) is 10.5 Å². The third kappa shape index (κ3) is 2.28. The Bertz CT molecular complexity index is 237. The Morgan fingerprint density at radius 1 is 1.12 bits per heavy atom. The van der Waals surface area contributed by atoms with Gasteiger partial charge < -0.3 is 10.5 Å². The number of ether oxygens (including phenoxy) is 1. The Balaban J connectivity index is 1.43. The lowest BCUT2D eigenvalue weighted by Gasteiger charge is -2.25. The molecule has 2 N–H and O–H groups in total. The summed E-state index contributed by atoms with van der Waals surface area (Å²) in [5, 5.41) is 0. The molecule has 2 nitrogen and oxygen atoms in total. The Hall–Kier alpha value is -0.0800. The van der Waals surface area contributed by atoms with E-state index in [-0.39, 0.29) is 0 Å². The van der Waals surface area contributed by atoms with Crippen LogP contribution in [0.3, 0.4) is 0 Å². The van der Waals surface area contributed by atoms with Gasteiger partial charge >= 0.3 is 0 Å². The number of rotatable bonds is 4. The molecule has 2 aliphatic carbocycles. The molecule has 3 rings (SSSR count). The van der Waals surface area contributed by atoms with Crippen LogP contribution in [0, 0.1) is 23.7 Å². The maximum absolute atomic E-state index is 6.31. The van der Waals surface area contributed by atoms with Gasteiger partial charge in [-0.1, -0.05) is 6.42 Å². The smallest absolute Gasteiger partial charge is 0.0495 e. The summed E-state index contributed by atoms with van der Waals surface area (Å²) >= 11 is 0. The van der Waals surface area contributed by atoms with Crippen LogP contribution in [0.1, 0.15) is 44.9 Å². The largest absolute Gasteiger partial charge is 0.381 e. The molecule has 2 bridgehead atoms. The number of fused-ring (bicyclic) bond motifs is 2. The van der Waals surface area contributed by atoms with Gasteiger partial charge in [-0.25, -0.2) is 0 Å². The predicted octanol–water partition coefficient (Wildman–Crippen LogP) is 2.57. The standard InChI is InChI=1S/C14H25NO/c15-14(7-11-3-4-16-9-11)8-13-6-10-1-2-12(13)5-10/h10-14H,1-9,15H2. The highest BCUT2D eigenvalue weighted by molar-refractivity contribution is 4.91. The summed E-state index contributed by atoms with van der Waals surface area (Å²) in [5.74, 6) is 3.83. The van der Waals surface area contributed by atoms with Crippen molar-refractivity contribution in [3.05, 3.63) is 0 Å². The number of hydrogen-bond acceptors (Lipinski definition) is 2. The highest BCUT2D eigenvalue weighted by Crippen LogP contribution is 2.50. The predicted molar refractivity (Wildman–Crippen MR) is 65.1 cm³/mol. The summed E-state index contributed by atoms with van der Waals surface area (Å²) in [5.41, 5.74) is 6.31. The molecule has 0 aromatic rings. The van der Waals surface area contributed by atoms with Crippen molar-refractivity contribution in [3.63, 3.8) is 0 Å². The van der Waals surface area contributed by atoms with Crippen molar-refractivity contribution >= 4 is 0 Å². The summed E-state index contributed by atoms with van der Waals surface area (Å²) < 4.78 is 5.42. The minimum atomic E-state index is 0.441. The molecular formula is C14H25NO. The Labute approximate surface area is 98.9 Å². The van der Waals surface area contributed by atoms with Crippen LogP contribution < -0.4 is 5.73 Å². The summed E-state index contributed by atoms with van der Waals surface area (Å²) in [6.45, 7) is 1.93. The van der Waals surface area contributed by atoms with Gasteiger partial charge in [0.1, 0.15) is 0 Å². The lowest BCUT2D eigenvalue weighted by molar-refractivity contribution is 0.180. The molecule has 0 aromatic carbocycles. The molecule has 2 heteroatoms. The van der Waals surface area contributed by atoms with Crippen LogP contribution in [0.2, 0.25) is 0 Å². The molecule has 5 atom stereocenters. The highest BCUT2D eigenvalue weighted by Gasteiger charge is 2.39. The zero-order chi connectivity index (χ0) is 11.0. The molecule has 0 amide bonds. The lowest BCUT2D eigenvalue weighted by Crippen LogP contribution is -2.28. The second kappa shape index (κ2) is 4.66. The number of hydrogen-bond donors (Lipinski definition) is 1. The second-order valence-electron chi connectivity index (χ2n) is 6.40. The minimum absolute atomic E-state index is 0.441. The fraction of sp³-hybridized carbons (Fsp3) is 1.00. The first-order valence-corrected chi connectivity index (χ1v) is 7.14. The van der Waals surface area contributed by atoms with Gasteiger partial charge in [0.25, 0.3) is 0 Å². The zero-order valence-corrected chi connectivity index (χ0v) is 10.2. The van der Waals surface area contributed by atoms with E-state index in [1.54, 1.807) is 0 Å². The molecular weight excluding hydrogens is 198 g/mol. The van der Waals surface area contributed by atoms with E-state index >= 15 is 0 Å². The lowest BCUT2D eigenvalue weighted by atomic mass is 9.82. The highest BCUT2D eigenvalue weighted by atomic mass is 16.5. The second-order valence-corrected chi connectivity index (χ2v) is 6.40. The summed E-state index contributed by atoms with van der Waals surface area (Å²) in [7, 11) is 0. The third-order valence-corrected chi connectivity index (χ3v) is 5.15. The van der Waals surface area contributed by atoms with E-state index in [9.17, 15) is 0 Å². The summed E-state index contributed by atoms with van der Waals surface area (Å²) in [4.78, 5) is 0. The number of nitrogens with two attached hydrogens (primary N) is 1. The quantitative estimate of drug-likeness (QED) is 0.795. The van der Waals surface area contributed by atoms with E-state index in [2.05, 4.69) is 0 Å². The molecule has 1 heterocycles. The molecule has 92 valence electrons. The molecule has 1 saturated heterocycles. The summed E-state index contributed by atoms with van der Waals surface area (Å²) in [6, 6.07) is 0.441. The maximum Gasteiger partial charge on any atom is 0.0495 e. The topological polar surface area (TPSA) is 35.2 Å². The molecule has 2 saturated carbocycles. The van der Waals surface area contributed by atoms with Crippen LogP contribution in [-0.2, 0) is 4.74 Å². The van der Waals surface area contributed by atoms with Crippen molar-refractivity contribution in [2.24, 2.45) is 29.4 Å². The van der Waals surface area contributed by atoms with Crippen LogP contribution in [0.25, 0.3) is 0 Å². The van der Waals surface area contributed by atoms with Crippen LogP contribution in [0.4, 0.5) is 0 Å². The fourth-order valence-electron chi connectivity index (χ4n) is 4.35. The molecule has 0 radical (unpaired) electrons. The average molecular weight is 223 g/mol. The van der Waals surface area contributed by atoms with E-state index in [0.717, 1.165) is 36.9 Å². The first kappa shape index (κ1) is 11.0. The normalized spacial score (nSPS) is 44.1. The van der Waals surface area contributed by atoms with Gasteiger partial charge in [0.15, 0.2) is 0 Å².